The number of rotatable bonds is 5. The molecule has 0 aromatic heterocycles. The Morgan fingerprint density at radius 1 is 1.23 bits per heavy atom. The van der Waals surface area contributed by atoms with Crippen LogP contribution in [0.3, 0.4) is 0 Å². The number of amides is 1. The second-order valence-electron chi connectivity index (χ2n) is 5.58. The van der Waals surface area contributed by atoms with Crippen molar-refractivity contribution in [2.24, 2.45) is 0 Å². The van der Waals surface area contributed by atoms with Gasteiger partial charge in [-0.2, -0.15) is 0 Å². The highest BCUT2D eigenvalue weighted by Gasteiger charge is 2.33. The van der Waals surface area contributed by atoms with E-state index in [0.717, 1.165) is 56.4 Å². The molecule has 1 aromatic carbocycles. The lowest BCUT2D eigenvalue weighted by Crippen LogP contribution is -2.38. The summed E-state index contributed by atoms with van der Waals surface area (Å²) in [6, 6.07) is 7.83. The van der Waals surface area contributed by atoms with Gasteiger partial charge in [0.05, 0.1) is 19.0 Å². The fourth-order valence-corrected chi connectivity index (χ4v) is 4.48. The number of carbonyl (C=O) groups is 1. The maximum absolute atomic E-state index is 12.2. The van der Waals surface area contributed by atoms with Gasteiger partial charge in [0.15, 0.2) is 0 Å². The van der Waals surface area contributed by atoms with E-state index >= 15 is 0 Å². The van der Waals surface area contributed by atoms with Gasteiger partial charge in [0.1, 0.15) is 5.37 Å². The second-order valence-corrected chi connectivity index (χ2v) is 7.06. The fourth-order valence-electron chi connectivity index (χ4n) is 2.92. The Kier molecular flexibility index (Phi) is 5.63. The van der Waals surface area contributed by atoms with Crippen LogP contribution in [-0.2, 0) is 9.53 Å². The zero-order valence-electron chi connectivity index (χ0n) is 12.5. The molecule has 6 heteroatoms. The Bertz CT molecular complexity index is 523. The van der Waals surface area contributed by atoms with Crippen LogP contribution < -0.4 is 0 Å². The summed E-state index contributed by atoms with van der Waals surface area (Å²) in [5, 5.41) is 0.804. The van der Waals surface area contributed by atoms with Crippen molar-refractivity contribution >= 4 is 29.3 Å². The first-order valence-corrected chi connectivity index (χ1v) is 9.14. The number of nitrogens with zero attached hydrogens (tertiary/aromatic N) is 2. The average molecular weight is 341 g/mol. The van der Waals surface area contributed by atoms with E-state index in [9.17, 15) is 4.79 Å². The van der Waals surface area contributed by atoms with Crippen molar-refractivity contribution in [2.75, 3.05) is 45.1 Å². The van der Waals surface area contributed by atoms with Crippen molar-refractivity contribution in [3.05, 3.63) is 34.9 Å². The van der Waals surface area contributed by atoms with Crippen LogP contribution >= 0.6 is 23.4 Å². The monoisotopic (exact) mass is 340 g/mol. The molecule has 2 aliphatic rings. The summed E-state index contributed by atoms with van der Waals surface area (Å²) in [7, 11) is 0. The van der Waals surface area contributed by atoms with Crippen LogP contribution in [0.15, 0.2) is 24.3 Å². The molecule has 0 N–H and O–H groups in total. The van der Waals surface area contributed by atoms with Gasteiger partial charge in [-0.15, -0.1) is 11.8 Å². The third kappa shape index (κ3) is 3.77. The van der Waals surface area contributed by atoms with Crippen molar-refractivity contribution < 1.29 is 9.53 Å². The van der Waals surface area contributed by atoms with E-state index in [-0.39, 0.29) is 11.3 Å². The van der Waals surface area contributed by atoms with Gasteiger partial charge in [-0.1, -0.05) is 29.8 Å². The number of ether oxygens (including phenoxy) is 1. The van der Waals surface area contributed by atoms with Crippen LogP contribution in [0.2, 0.25) is 5.02 Å². The summed E-state index contributed by atoms with van der Waals surface area (Å²) in [4.78, 5) is 16.6. The Labute approximate surface area is 140 Å². The molecule has 2 fully saturated rings. The average Bonchev–Trinajstić information content (AvgIpc) is 2.90. The molecule has 1 amide bonds. The molecule has 0 saturated carbocycles. The molecule has 120 valence electrons. The van der Waals surface area contributed by atoms with Gasteiger partial charge < -0.3 is 9.64 Å². The van der Waals surface area contributed by atoms with Crippen molar-refractivity contribution in [3.63, 3.8) is 0 Å². The lowest BCUT2D eigenvalue weighted by atomic mass is 10.2. The summed E-state index contributed by atoms with van der Waals surface area (Å²) in [5.41, 5.74) is 1.05. The van der Waals surface area contributed by atoms with Crippen LogP contribution in [-0.4, -0.2) is 60.9 Å². The predicted molar refractivity (Wildman–Crippen MR) is 90.2 cm³/mol. The van der Waals surface area contributed by atoms with E-state index in [1.807, 2.05) is 29.2 Å². The number of hydrogen-bond acceptors (Lipinski definition) is 4. The summed E-state index contributed by atoms with van der Waals surface area (Å²) >= 11 is 7.97. The predicted octanol–water partition coefficient (Wildman–Crippen LogP) is 2.64. The molecule has 0 aliphatic carbocycles. The van der Waals surface area contributed by atoms with Gasteiger partial charge in [0, 0.05) is 36.8 Å². The first kappa shape index (κ1) is 16.1. The maximum atomic E-state index is 12.2. The van der Waals surface area contributed by atoms with Gasteiger partial charge in [0.2, 0.25) is 5.91 Å². The van der Waals surface area contributed by atoms with Crippen LogP contribution in [0.5, 0.6) is 0 Å². The topological polar surface area (TPSA) is 32.8 Å². The number of hydrogen-bond donors (Lipinski definition) is 0. The Hall–Kier alpha value is -0.750. The quantitative estimate of drug-likeness (QED) is 0.825. The van der Waals surface area contributed by atoms with Gasteiger partial charge in [0.25, 0.3) is 0 Å². The Morgan fingerprint density at radius 2 is 2.00 bits per heavy atom. The number of thioether (sulfide) groups is 1. The fraction of sp³-hybridized carbons (Fsp3) is 0.562. The molecule has 1 unspecified atom stereocenters. The Morgan fingerprint density at radius 3 is 2.77 bits per heavy atom. The Balaban J connectivity index is 1.58. The molecule has 0 bridgehead atoms. The van der Waals surface area contributed by atoms with Crippen molar-refractivity contribution in [2.45, 2.75) is 11.8 Å². The number of morpholine rings is 1. The molecule has 1 atom stereocenters. The molecular weight excluding hydrogens is 320 g/mol. The second kappa shape index (κ2) is 7.68. The first-order valence-electron chi connectivity index (χ1n) is 7.71. The number of carbonyl (C=O) groups excluding carboxylic acids is 1. The van der Waals surface area contributed by atoms with Crippen molar-refractivity contribution in [3.8, 4) is 0 Å². The third-order valence-electron chi connectivity index (χ3n) is 4.12. The molecule has 1 aromatic rings. The zero-order chi connectivity index (χ0) is 15.4. The summed E-state index contributed by atoms with van der Waals surface area (Å²) in [6.45, 7) is 5.45. The zero-order valence-corrected chi connectivity index (χ0v) is 14.1. The minimum absolute atomic E-state index is 0.0610. The highest BCUT2D eigenvalue weighted by molar-refractivity contribution is 8.00. The number of halogens is 1. The minimum atomic E-state index is 0.0610. The minimum Gasteiger partial charge on any atom is -0.379 e. The molecule has 2 aliphatic heterocycles. The van der Waals surface area contributed by atoms with E-state index in [0.29, 0.717) is 5.75 Å². The highest BCUT2D eigenvalue weighted by Crippen LogP contribution is 2.41. The van der Waals surface area contributed by atoms with Crippen LogP contribution in [0.25, 0.3) is 0 Å². The molecule has 0 spiro atoms. The molecule has 0 radical (unpaired) electrons. The smallest absolute Gasteiger partial charge is 0.233 e. The summed E-state index contributed by atoms with van der Waals surface area (Å²) in [6.07, 6.45) is 0.993. The van der Waals surface area contributed by atoms with Crippen LogP contribution in [0.1, 0.15) is 17.4 Å². The van der Waals surface area contributed by atoms with Crippen LogP contribution in [0, 0.1) is 0 Å². The van der Waals surface area contributed by atoms with Crippen molar-refractivity contribution in [1.29, 1.82) is 0 Å². The van der Waals surface area contributed by atoms with E-state index < -0.39 is 0 Å². The van der Waals surface area contributed by atoms with Gasteiger partial charge in [-0.3, -0.25) is 9.69 Å². The van der Waals surface area contributed by atoms with Crippen LogP contribution in [0.4, 0.5) is 0 Å². The molecular formula is C16H21ClN2O2S. The summed E-state index contributed by atoms with van der Waals surface area (Å²) < 4.78 is 5.36. The van der Waals surface area contributed by atoms with E-state index in [1.165, 1.54) is 0 Å². The summed E-state index contributed by atoms with van der Waals surface area (Å²) in [5.74, 6) is 0.768. The lowest BCUT2D eigenvalue weighted by Gasteiger charge is -2.29. The standard InChI is InChI=1S/C16H21ClN2O2S/c17-14-5-2-1-4-13(14)16-19(15(20)12-22-16)7-3-6-18-8-10-21-11-9-18/h1-2,4-5,16H,3,6-12H2. The molecule has 4 nitrogen and oxygen atoms in total. The SMILES string of the molecule is O=C1CSC(c2ccccc2Cl)N1CCCN1CCOCC1. The van der Waals surface area contributed by atoms with E-state index in [4.69, 9.17) is 16.3 Å². The van der Waals surface area contributed by atoms with Gasteiger partial charge in [-0.05, 0) is 12.5 Å². The van der Waals surface area contributed by atoms with E-state index in [1.54, 1.807) is 11.8 Å². The highest BCUT2D eigenvalue weighted by atomic mass is 35.5. The molecule has 22 heavy (non-hydrogen) atoms. The largest absolute Gasteiger partial charge is 0.379 e. The number of benzene rings is 1. The third-order valence-corrected chi connectivity index (χ3v) is 5.70. The maximum Gasteiger partial charge on any atom is 0.233 e. The van der Waals surface area contributed by atoms with Gasteiger partial charge >= 0.3 is 0 Å². The van der Waals surface area contributed by atoms with E-state index in [2.05, 4.69) is 4.90 Å². The molecule has 3 rings (SSSR count). The lowest BCUT2D eigenvalue weighted by molar-refractivity contribution is -0.128. The van der Waals surface area contributed by atoms with Gasteiger partial charge in [-0.25, -0.2) is 0 Å². The first-order chi connectivity index (χ1) is 10.8. The molecule has 2 saturated heterocycles. The molecule has 2 heterocycles. The normalized spacial score (nSPS) is 23.2. The van der Waals surface area contributed by atoms with Crippen molar-refractivity contribution in [1.82, 2.24) is 9.80 Å².